The fourth-order valence-corrected chi connectivity index (χ4v) is 3.08. The van der Waals surface area contributed by atoms with Crippen LogP contribution in [0.15, 0.2) is 25.3 Å². The maximum absolute atomic E-state index is 6.39. The van der Waals surface area contributed by atoms with Crippen molar-refractivity contribution in [3.05, 3.63) is 25.3 Å². The quantitative estimate of drug-likeness (QED) is 0.458. The molecule has 0 spiro atoms. The van der Waals surface area contributed by atoms with Gasteiger partial charge in [-0.1, -0.05) is 12.2 Å². The second-order valence-electron chi connectivity index (χ2n) is 6.47. The fraction of sp³-hybridized carbons (Fsp3) is 0.778. The van der Waals surface area contributed by atoms with Crippen LogP contribution in [0.1, 0.15) is 66.2 Å². The zero-order chi connectivity index (χ0) is 15.2. The van der Waals surface area contributed by atoms with Gasteiger partial charge in [0.15, 0.2) is 0 Å². The molecule has 0 N–H and O–H groups in total. The van der Waals surface area contributed by atoms with Crippen LogP contribution in [-0.2, 0) is 9.47 Å². The van der Waals surface area contributed by atoms with Gasteiger partial charge in [-0.2, -0.15) is 0 Å². The summed E-state index contributed by atoms with van der Waals surface area (Å²) in [4.78, 5) is 0. The topological polar surface area (TPSA) is 18.5 Å². The first-order chi connectivity index (χ1) is 9.38. The number of rotatable bonds is 8. The molecule has 2 heteroatoms. The third kappa shape index (κ3) is 3.95. The molecule has 1 rings (SSSR count). The minimum atomic E-state index is -0.219. The Hall–Kier alpha value is -0.600. The van der Waals surface area contributed by atoms with Gasteiger partial charge in [-0.05, 0) is 66.2 Å². The summed E-state index contributed by atoms with van der Waals surface area (Å²) >= 11 is 0. The number of hydrogen-bond donors (Lipinski definition) is 0. The van der Waals surface area contributed by atoms with E-state index < -0.39 is 0 Å². The van der Waals surface area contributed by atoms with Gasteiger partial charge < -0.3 is 9.47 Å². The number of allylic oxidation sites excluding steroid dienone is 2. The van der Waals surface area contributed by atoms with E-state index in [9.17, 15) is 0 Å². The average Bonchev–Trinajstić information content (AvgIpc) is 2.37. The number of hydrogen-bond acceptors (Lipinski definition) is 2. The molecule has 20 heavy (non-hydrogen) atoms. The molecule has 0 bridgehead atoms. The van der Waals surface area contributed by atoms with E-state index in [2.05, 4.69) is 40.9 Å². The zero-order valence-electron chi connectivity index (χ0n) is 13.8. The third-order valence-corrected chi connectivity index (χ3v) is 4.80. The lowest BCUT2D eigenvalue weighted by atomic mass is 9.76. The van der Waals surface area contributed by atoms with Gasteiger partial charge in [-0.3, -0.25) is 0 Å². The van der Waals surface area contributed by atoms with Crippen LogP contribution in [0.3, 0.4) is 0 Å². The summed E-state index contributed by atoms with van der Waals surface area (Å²) in [5.74, 6) is 0. The monoisotopic (exact) mass is 280 g/mol. The number of ether oxygens (including phenoxy) is 2. The zero-order valence-corrected chi connectivity index (χ0v) is 13.8. The minimum absolute atomic E-state index is 0.149. The van der Waals surface area contributed by atoms with Crippen LogP contribution in [0.25, 0.3) is 0 Å². The van der Waals surface area contributed by atoms with E-state index in [1.54, 1.807) is 0 Å². The first-order valence-electron chi connectivity index (χ1n) is 7.96. The third-order valence-electron chi connectivity index (χ3n) is 4.80. The molecule has 0 amide bonds. The highest BCUT2D eigenvalue weighted by Gasteiger charge is 2.51. The molecule has 1 fully saturated rings. The molecule has 0 radical (unpaired) electrons. The predicted octanol–water partition coefficient (Wildman–Crippen LogP) is 5.04. The lowest BCUT2D eigenvalue weighted by molar-refractivity contribution is -0.303. The van der Waals surface area contributed by atoms with E-state index in [0.717, 1.165) is 38.5 Å². The summed E-state index contributed by atoms with van der Waals surface area (Å²) in [5.41, 5.74) is -0.438. The van der Waals surface area contributed by atoms with Crippen molar-refractivity contribution < 1.29 is 9.47 Å². The van der Waals surface area contributed by atoms with Crippen LogP contribution < -0.4 is 0 Å². The van der Waals surface area contributed by atoms with E-state index in [-0.39, 0.29) is 23.4 Å². The van der Waals surface area contributed by atoms with Crippen molar-refractivity contribution in [1.29, 1.82) is 0 Å². The molecule has 0 aliphatic carbocycles. The summed E-state index contributed by atoms with van der Waals surface area (Å²) < 4.78 is 12.8. The van der Waals surface area contributed by atoms with Crippen LogP contribution in [0, 0.1) is 0 Å². The van der Waals surface area contributed by atoms with E-state index in [1.807, 2.05) is 12.2 Å². The Morgan fingerprint density at radius 3 is 1.50 bits per heavy atom. The average molecular weight is 280 g/mol. The molecule has 0 aromatic carbocycles. The van der Waals surface area contributed by atoms with Crippen molar-refractivity contribution in [2.75, 3.05) is 0 Å². The van der Waals surface area contributed by atoms with Crippen molar-refractivity contribution in [1.82, 2.24) is 0 Å². The predicted molar refractivity (Wildman–Crippen MR) is 86.0 cm³/mol. The molecule has 1 aliphatic rings. The van der Waals surface area contributed by atoms with Gasteiger partial charge in [0, 0.05) is 0 Å². The van der Waals surface area contributed by atoms with E-state index in [4.69, 9.17) is 9.47 Å². The first kappa shape index (κ1) is 17.5. The fourth-order valence-electron chi connectivity index (χ4n) is 3.08. The van der Waals surface area contributed by atoms with Crippen LogP contribution in [0.4, 0.5) is 0 Å². The van der Waals surface area contributed by atoms with E-state index in [1.165, 1.54) is 0 Å². The molecular weight excluding hydrogens is 248 g/mol. The maximum Gasteiger partial charge on any atom is 0.0945 e. The normalized spacial score (nSPS) is 37.6. The van der Waals surface area contributed by atoms with Gasteiger partial charge in [-0.25, -0.2) is 0 Å². The molecule has 1 heterocycles. The molecular formula is C18H32O2. The molecule has 4 atom stereocenters. The van der Waals surface area contributed by atoms with Crippen molar-refractivity contribution >= 4 is 0 Å². The van der Waals surface area contributed by atoms with Crippen molar-refractivity contribution in [2.24, 2.45) is 0 Å². The summed E-state index contributed by atoms with van der Waals surface area (Å²) in [6.45, 7) is 16.3. The van der Waals surface area contributed by atoms with Gasteiger partial charge in [0.05, 0.1) is 23.4 Å². The van der Waals surface area contributed by atoms with Crippen LogP contribution in [0.2, 0.25) is 0 Å². The van der Waals surface area contributed by atoms with Gasteiger partial charge in [-0.15, -0.1) is 13.2 Å². The van der Waals surface area contributed by atoms with Crippen molar-refractivity contribution in [2.45, 2.75) is 89.6 Å². The Morgan fingerprint density at radius 1 is 0.850 bits per heavy atom. The summed E-state index contributed by atoms with van der Waals surface area (Å²) in [5, 5.41) is 0. The molecule has 0 saturated carbocycles. The first-order valence-corrected chi connectivity index (χ1v) is 7.96. The lowest BCUT2D eigenvalue weighted by Crippen LogP contribution is -2.62. The molecule has 4 unspecified atom stereocenters. The van der Waals surface area contributed by atoms with Gasteiger partial charge >= 0.3 is 0 Å². The molecule has 0 aromatic rings. The van der Waals surface area contributed by atoms with E-state index >= 15 is 0 Å². The second kappa shape index (κ2) is 7.42. The van der Waals surface area contributed by atoms with Gasteiger partial charge in [0.2, 0.25) is 0 Å². The SMILES string of the molecule is C=CCCCC1(C)OC(C)C(C)OC1(C)CCCC=C. The van der Waals surface area contributed by atoms with Gasteiger partial charge in [0.1, 0.15) is 0 Å². The Bertz CT molecular complexity index is 293. The highest BCUT2D eigenvalue weighted by Crippen LogP contribution is 2.44. The highest BCUT2D eigenvalue weighted by atomic mass is 16.6. The molecule has 116 valence electrons. The van der Waals surface area contributed by atoms with Crippen LogP contribution in [-0.4, -0.2) is 23.4 Å². The van der Waals surface area contributed by atoms with Crippen molar-refractivity contribution in [3.63, 3.8) is 0 Å². The molecule has 0 aromatic heterocycles. The Labute approximate surface area is 125 Å². The summed E-state index contributed by atoms with van der Waals surface area (Å²) in [7, 11) is 0. The smallest absolute Gasteiger partial charge is 0.0945 e. The van der Waals surface area contributed by atoms with Crippen LogP contribution in [0.5, 0.6) is 0 Å². The van der Waals surface area contributed by atoms with E-state index in [0.29, 0.717) is 0 Å². The summed E-state index contributed by atoms with van der Waals surface area (Å²) in [6, 6.07) is 0. The lowest BCUT2D eigenvalue weighted by Gasteiger charge is -2.54. The Balaban J connectivity index is 2.81. The van der Waals surface area contributed by atoms with Gasteiger partial charge in [0.25, 0.3) is 0 Å². The highest BCUT2D eigenvalue weighted by molar-refractivity contribution is 5.01. The maximum atomic E-state index is 6.39. The van der Waals surface area contributed by atoms with Crippen LogP contribution >= 0.6 is 0 Å². The second-order valence-corrected chi connectivity index (χ2v) is 6.47. The molecule has 1 saturated heterocycles. The largest absolute Gasteiger partial charge is 0.367 e. The minimum Gasteiger partial charge on any atom is -0.367 e. The Kier molecular flexibility index (Phi) is 6.47. The Morgan fingerprint density at radius 2 is 1.20 bits per heavy atom. The summed E-state index contributed by atoms with van der Waals surface area (Å²) in [6.07, 6.45) is 10.6. The standard InChI is InChI=1S/C18H32O2/c1-7-9-11-13-17(5)18(6,14-12-10-8-2)20-16(4)15(3)19-17/h7-8,15-16H,1-2,9-14H2,3-6H3. The molecule has 1 aliphatic heterocycles. The number of unbranched alkanes of at least 4 members (excludes halogenated alkanes) is 2. The van der Waals surface area contributed by atoms with Crippen molar-refractivity contribution in [3.8, 4) is 0 Å². The molecule has 2 nitrogen and oxygen atoms in total.